The number of urea groups is 1. The van der Waals surface area contributed by atoms with E-state index in [4.69, 9.17) is 4.74 Å². The standard InChI is InChI=1S/C19H22N2O2/c1-12-8-13(2)18(14(3)9-12)21-19(22)20-16-10-15-6-4-5-7-17(15)23-11-16/h4-9,16H,10-11H2,1-3H3,(H2,20,21,22)/t16-/m0/s1. The fraction of sp³-hybridized carbons (Fsp3) is 0.316. The number of amides is 2. The highest BCUT2D eigenvalue weighted by Crippen LogP contribution is 2.24. The first-order valence-corrected chi connectivity index (χ1v) is 7.89. The topological polar surface area (TPSA) is 50.4 Å². The zero-order valence-electron chi connectivity index (χ0n) is 13.8. The van der Waals surface area contributed by atoms with Gasteiger partial charge in [0.1, 0.15) is 12.4 Å². The lowest BCUT2D eigenvalue weighted by atomic mass is 10.0. The van der Waals surface area contributed by atoms with Crippen LogP contribution in [0.2, 0.25) is 0 Å². The monoisotopic (exact) mass is 310 g/mol. The molecule has 120 valence electrons. The summed E-state index contributed by atoms with van der Waals surface area (Å²) in [6.07, 6.45) is 0.787. The van der Waals surface area contributed by atoms with Gasteiger partial charge in [0, 0.05) is 5.69 Å². The van der Waals surface area contributed by atoms with Gasteiger partial charge in [0.15, 0.2) is 0 Å². The van der Waals surface area contributed by atoms with Gasteiger partial charge in [-0.3, -0.25) is 0 Å². The van der Waals surface area contributed by atoms with Crippen molar-refractivity contribution in [3.8, 4) is 5.75 Å². The quantitative estimate of drug-likeness (QED) is 0.888. The van der Waals surface area contributed by atoms with E-state index in [1.54, 1.807) is 0 Å². The molecule has 0 saturated carbocycles. The van der Waals surface area contributed by atoms with Crippen LogP contribution in [0.15, 0.2) is 36.4 Å². The molecule has 0 radical (unpaired) electrons. The van der Waals surface area contributed by atoms with Crippen LogP contribution >= 0.6 is 0 Å². The van der Waals surface area contributed by atoms with Crippen LogP contribution in [0.3, 0.4) is 0 Å². The largest absolute Gasteiger partial charge is 0.491 e. The first kappa shape index (κ1) is 15.4. The third-order valence-electron chi connectivity index (χ3n) is 4.13. The molecule has 1 aliphatic rings. The number of carbonyl (C=O) groups is 1. The molecular weight excluding hydrogens is 288 g/mol. The lowest BCUT2D eigenvalue weighted by Crippen LogP contribution is -2.44. The van der Waals surface area contributed by atoms with E-state index in [1.165, 1.54) is 5.56 Å². The third kappa shape index (κ3) is 3.47. The van der Waals surface area contributed by atoms with Crippen molar-refractivity contribution >= 4 is 11.7 Å². The van der Waals surface area contributed by atoms with Gasteiger partial charge in [-0.05, 0) is 49.9 Å². The number of benzene rings is 2. The number of carbonyl (C=O) groups excluding carboxylic acids is 1. The summed E-state index contributed by atoms with van der Waals surface area (Å²) in [4.78, 5) is 12.3. The van der Waals surface area contributed by atoms with Crippen molar-refractivity contribution in [2.24, 2.45) is 0 Å². The number of rotatable bonds is 2. The van der Waals surface area contributed by atoms with Gasteiger partial charge in [0.05, 0.1) is 6.04 Å². The van der Waals surface area contributed by atoms with Gasteiger partial charge in [-0.25, -0.2) is 4.79 Å². The Balaban J connectivity index is 1.65. The number of anilines is 1. The molecule has 2 aromatic rings. The first-order chi connectivity index (χ1) is 11.0. The van der Waals surface area contributed by atoms with Crippen molar-refractivity contribution in [2.75, 3.05) is 11.9 Å². The maximum Gasteiger partial charge on any atom is 0.319 e. The van der Waals surface area contributed by atoms with E-state index in [0.29, 0.717) is 6.61 Å². The molecule has 2 amide bonds. The summed E-state index contributed by atoms with van der Waals surface area (Å²) in [6.45, 7) is 6.57. The Labute approximate surface area is 136 Å². The van der Waals surface area contributed by atoms with E-state index < -0.39 is 0 Å². The van der Waals surface area contributed by atoms with Gasteiger partial charge in [-0.1, -0.05) is 35.9 Å². The first-order valence-electron chi connectivity index (χ1n) is 7.89. The number of ether oxygens (including phenoxy) is 1. The maximum absolute atomic E-state index is 12.3. The van der Waals surface area contributed by atoms with Gasteiger partial charge in [-0.15, -0.1) is 0 Å². The van der Waals surface area contributed by atoms with Crippen LogP contribution in [0.1, 0.15) is 22.3 Å². The summed E-state index contributed by atoms with van der Waals surface area (Å²) >= 11 is 0. The van der Waals surface area contributed by atoms with Crippen molar-refractivity contribution in [2.45, 2.75) is 33.2 Å². The molecule has 2 N–H and O–H groups in total. The number of para-hydroxylation sites is 1. The Morgan fingerprint density at radius 3 is 2.57 bits per heavy atom. The Hall–Kier alpha value is -2.49. The Morgan fingerprint density at radius 1 is 1.13 bits per heavy atom. The van der Waals surface area contributed by atoms with Crippen LogP contribution < -0.4 is 15.4 Å². The van der Waals surface area contributed by atoms with Crippen molar-refractivity contribution < 1.29 is 9.53 Å². The lowest BCUT2D eigenvalue weighted by molar-refractivity contribution is 0.222. The van der Waals surface area contributed by atoms with E-state index >= 15 is 0 Å². The lowest BCUT2D eigenvalue weighted by Gasteiger charge is -2.26. The SMILES string of the molecule is Cc1cc(C)c(NC(=O)N[C@@H]2COc3ccccc3C2)c(C)c1. The van der Waals surface area contributed by atoms with E-state index in [-0.39, 0.29) is 12.1 Å². The zero-order chi connectivity index (χ0) is 16.4. The molecule has 23 heavy (non-hydrogen) atoms. The number of aryl methyl sites for hydroxylation is 3. The molecule has 4 nitrogen and oxygen atoms in total. The minimum Gasteiger partial charge on any atom is -0.491 e. The van der Waals surface area contributed by atoms with Gasteiger partial charge in [-0.2, -0.15) is 0 Å². The van der Waals surface area contributed by atoms with Crippen LogP contribution in [0.5, 0.6) is 5.75 Å². The summed E-state index contributed by atoms with van der Waals surface area (Å²) in [5.41, 5.74) is 5.35. The molecule has 1 heterocycles. The van der Waals surface area contributed by atoms with Crippen molar-refractivity contribution in [3.05, 3.63) is 58.7 Å². The van der Waals surface area contributed by atoms with Gasteiger partial charge in [0.25, 0.3) is 0 Å². The Morgan fingerprint density at radius 2 is 1.83 bits per heavy atom. The molecular formula is C19H22N2O2. The zero-order valence-corrected chi connectivity index (χ0v) is 13.8. The number of hydrogen-bond acceptors (Lipinski definition) is 2. The van der Waals surface area contributed by atoms with Crippen LogP contribution in [0, 0.1) is 20.8 Å². The number of hydrogen-bond donors (Lipinski definition) is 2. The van der Waals surface area contributed by atoms with Gasteiger partial charge >= 0.3 is 6.03 Å². The molecule has 0 unspecified atom stereocenters. The molecule has 0 saturated heterocycles. The normalized spacial score (nSPS) is 16.2. The van der Waals surface area contributed by atoms with Crippen LogP contribution in [0.4, 0.5) is 10.5 Å². The number of nitrogens with one attached hydrogen (secondary N) is 2. The molecule has 4 heteroatoms. The Kier molecular flexibility index (Phi) is 4.24. The molecule has 3 rings (SSSR count). The van der Waals surface area contributed by atoms with Crippen molar-refractivity contribution in [1.29, 1.82) is 0 Å². The van der Waals surface area contributed by atoms with E-state index in [1.807, 2.05) is 38.1 Å². The average molecular weight is 310 g/mol. The number of fused-ring (bicyclic) bond motifs is 1. The van der Waals surface area contributed by atoms with E-state index in [0.717, 1.165) is 34.5 Å². The van der Waals surface area contributed by atoms with Crippen molar-refractivity contribution in [3.63, 3.8) is 0 Å². The molecule has 0 spiro atoms. The second-order valence-electron chi connectivity index (χ2n) is 6.19. The highest BCUT2D eigenvalue weighted by atomic mass is 16.5. The summed E-state index contributed by atoms with van der Waals surface area (Å²) in [6, 6.07) is 11.9. The van der Waals surface area contributed by atoms with Gasteiger partial charge in [0.2, 0.25) is 0 Å². The predicted octanol–water partition coefficient (Wildman–Crippen LogP) is 3.74. The smallest absolute Gasteiger partial charge is 0.319 e. The fourth-order valence-electron chi connectivity index (χ4n) is 3.13. The summed E-state index contributed by atoms with van der Waals surface area (Å²) in [5.74, 6) is 0.913. The van der Waals surface area contributed by atoms with E-state index in [9.17, 15) is 4.79 Å². The van der Waals surface area contributed by atoms with E-state index in [2.05, 4.69) is 29.7 Å². The van der Waals surface area contributed by atoms with Crippen LogP contribution in [-0.4, -0.2) is 18.7 Å². The minimum absolute atomic E-state index is 0.0176. The molecule has 0 aromatic heterocycles. The van der Waals surface area contributed by atoms with Crippen LogP contribution in [0.25, 0.3) is 0 Å². The van der Waals surface area contributed by atoms with Crippen molar-refractivity contribution in [1.82, 2.24) is 5.32 Å². The molecule has 1 atom stereocenters. The van der Waals surface area contributed by atoms with Crippen LogP contribution in [-0.2, 0) is 6.42 Å². The highest BCUT2D eigenvalue weighted by Gasteiger charge is 2.21. The summed E-state index contributed by atoms with van der Waals surface area (Å²) < 4.78 is 5.71. The second kappa shape index (κ2) is 6.32. The second-order valence-corrected chi connectivity index (χ2v) is 6.19. The summed E-state index contributed by atoms with van der Waals surface area (Å²) in [7, 11) is 0. The highest BCUT2D eigenvalue weighted by molar-refractivity contribution is 5.91. The fourth-order valence-corrected chi connectivity index (χ4v) is 3.13. The molecule has 0 bridgehead atoms. The predicted molar refractivity (Wildman–Crippen MR) is 92.2 cm³/mol. The van der Waals surface area contributed by atoms with Gasteiger partial charge < -0.3 is 15.4 Å². The minimum atomic E-state index is -0.187. The maximum atomic E-state index is 12.3. The Bertz CT molecular complexity index is 717. The summed E-state index contributed by atoms with van der Waals surface area (Å²) in [5, 5.41) is 5.97. The molecule has 0 aliphatic carbocycles. The molecule has 1 aliphatic heterocycles. The third-order valence-corrected chi connectivity index (χ3v) is 4.13. The average Bonchev–Trinajstić information content (AvgIpc) is 2.51. The molecule has 0 fully saturated rings. The molecule has 2 aromatic carbocycles.